The summed E-state index contributed by atoms with van der Waals surface area (Å²) in [6, 6.07) is 7.01. The number of aromatic nitrogens is 1. The van der Waals surface area contributed by atoms with Crippen LogP contribution in [-0.4, -0.2) is 17.6 Å². The maximum absolute atomic E-state index is 11.8. The Hall–Kier alpha value is -2.27. The number of anilines is 3. The van der Waals surface area contributed by atoms with Crippen molar-refractivity contribution in [1.82, 2.24) is 4.98 Å². The molecule has 0 bridgehead atoms. The van der Waals surface area contributed by atoms with Gasteiger partial charge in [-0.1, -0.05) is 17.7 Å². The van der Waals surface area contributed by atoms with Crippen molar-refractivity contribution < 1.29 is 9.53 Å². The number of ether oxygens (including phenoxy) is 1. The van der Waals surface area contributed by atoms with E-state index in [1.165, 1.54) is 12.3 Å². The van der Waals surface area contributed by atoms with Gasteiger partial charge in [0.05, 0.1) is 17.9 Å². The lowest BCUT2D eigenvalue weighted by molar-refractivity contribution is 0.0527. The van der Waals surface area contributed by atoms with Crippen LogP contribution in [0.4, 0.5) is 17.2 Å². The third-order valence-corrected chi connectivity index (χ3v) is 3.42. The van der Waals surface area contributed by atoms with Crippen molar-refractivity contribution in [3.05, 3.63) is 46.6 Å². The molecule has 2 rings (SSSR count). The number of rotatable bonds is 4. The van der Waals surface area contributed by atoms with E-state index in [0.717, 1.165) is 11.3 Å². The lowest BCUT2D eigenvalue weighted by Gasteiger charge is -2.13. The van der Waals surface area contributed by atoms with E-state index in [1.54, 1.807) is 13.0 Å². The van der Waals surface area contributed by atoms with Crippen molar-refractivity contribution in [3.8, 4) is 0 Å². The first kappa shape index (κ1) is 15.1. The van der Waals surface area contributed by atoms with Crippen molar-refractivity contribution in [2.24, 2.45) is 0 Å². The SMILES string of the molecule is CCOC(=O)c1ccnc(Nc2cccc(Cl)c2C)c1N. The predicted octanol–water partition coefficient (Wildman–Crippen LogP) is 3.55. The smallest absolute Gasteiger partial charge is 0.340 e. The molecule has 0 amide bonds. The Balaban J connectivity index is 2.35. The van der Waals surface area contributed by atoms with Gasteiger partial charge in [-0.3, -0.25) is 0 Å². The van der Waals surface area contributed by atoms with Gasteiger partial charge >= 0.3 is 5.97 Å². The molecule has 0 spiro atoms. The summed E-state index contributed by atoms with van der Waals surface area (Å²) < 4.78 is 4.96. The van der Waals surface area contributed by atoms with Crippen LogP contribution >= 0.6 is 11.6 Å². The van der Waals surface area contributed by atoms with Crippen LogP contribution in [0.15, 0.2) is 30.5 Å². The highest BCUT2D eigenvalue weighted by molar-refractivity contribution is 6.31. The van der Waals surface area contributed by atoms with E-state index in [0.29, 0.717) is 10.8 Å². The van der Waals surface area contributed by atoms with Gasteiger partial charge in [0.15, 0.2) is 5.82 Å². The zero-order valence-electron chi connectivity index (χ0n) is 11.8. The molecule has 0 atom stereocenters. The van der Waals surface area contributed by atoms with Crippen LogP contribution in [0.1, 0.15) is 22.8 Å². The van der Waals surface area contributed by atoms with E-state index < -0.39 is 5.97 Å². The highest BCUT2D eigenvalue weighted by atomic mass is 35.5. The number of nitrogens with one attached hydrogen (secondary N) is 1. The zero-order valence-corrected chi connectivity index (χ0v) is 12.6. The number of nitrogen functional groups attached to an aromatic ring is 1. The highest BCUT2D eigenvalue weighted by Crippen LogP contribution is 2.29. The number of esters is 1. The Morgan fingerprint density at radius 3 is 2.90 bits per heavy atom. The summed E-state index contributed by atoms with van der Waals surface area (Å²) in [4.78, 5) is 16.0. The molecule has 0 saturated heterocycles. The minimum Gasteiger partial charge on any atom is -0.462 e. The van der Waals surface area contributed by atoms with E-state index in [4.69, 9.17) is 22.1 Å². The van der Waals surface area contributed by atoms with Crippen molar-refractivity contribution in [2.45, 2.75) is 13.8 Å². The molecule has 110 valence electrons. The van der Waals surface area contributed by atoms with Gasteiger partial charge in [-0.15, -0.1) is 0 Å². The molecule has 1 aromatic heterocycles. The lowest BCUT2D eigenvalue weighted by Crippen LogP contribution is -2.10. The van der Waals surface area contributed by atoms with Crippen molar-refractivity contribution in [1.29, 1.82) is 0 Å². The Morgan fingerprint density at radius 1 is 1.43 bits per heavy atom. The molecule has 0 aliphatic rings. The first-order valence-corrected chi connectivity index (χ1v) is 6.86. The quantitative estimate of drug-likeness (QED) is 0.845. The Morgan fingerprint density at radius 2 is 2.19 bits per heavy atom. The number of nitrogens with zero attached hydrogens (tertiary/aromatic N) is 1. The maximum atomic E-state index is 11.8. The van der Waals surface area contributed by atoms with Crippen LogP contribution in [-0.2, 0) is 4.74 Å². The number of hydrogen-bond donors (Lipinski definition) is 2. The minimum atomic E-state index is -0.469. The molecule has 2 aromatic rings. The van der Waals surface area contributed by atoms with Gasteiger partial charge in [0, 0.05) is 16.9 Å². The molecule has 21 heavy (non-hydrogen) atoms. The number of halogens is 1. The summed E-state index contributed by atoms with van der Waals surface area (Å²) in [5, 5.41) is 3.73. The molecule has 0 saturated carbocycles. The first-order chi connectivity index (χ1) is 10.0. The molecule has 0 unspecified atom stereocenters. The highest BCUT2D eigenvalue weighted by Gasteiger charge is 2.15. The van der Waals surface area contributed by atoms with Crippen molar-refractivity contribution in [2.75, 3.05) is 17.7 Å². The van der Waals surface area contributed by atoms with Gasteiger partial charge in [-0.2, -0.15) is 0 Å². The average molecular weight is 306 g/mol. The summed E-state index contributed by atoms with van der Waals surface area (Å²) >= 11 is 6.08. The summed E-state index contributed by atoms with van der Waals surface area (Å²) in [6.07, 6.45) is 1.50. The van der Waals surface area contributed by atoms with E-state index in [1.807, 2.05) is 19.1 Å². The van der Waals surface area contributed by atoms with Crippen LogP contribution in [0.3, 0.4) is 0 Å². The molecule has 0 fully saturated rings. The standard InChI is InChI=1S/C15H16ClN3O2/c1-3-21-15(20)10-7-8-18-14(13(10)17)19-12-6-4-5-11(16)9(12)2/h4-8H,3,17H2,1-2H3,(H,18,19). The summed E-state index contributed by atoms with van der Waals surface area (Å²) in [5.74, 6) is -0.0748. The Kier molecular flexibility index (Phi) is 4.65. The van der Waals surface area contributed by atoms with Crippen LogP contribution < -0.4 is 11.1 Å². The summed E-state index contributed by atoms with van der Waals surface area (Å²) in [5.41, 5.74) is 8.18. The minimum absolute atomic E-state index is 0.246. The lowest BCUT2D eigenvalue weighted by atomic mass is 10.2. The van der Waals surface area contributed by atoms with Gasteiger partial charge in [0.1, 0.15) is 0 Å². The molecule has 1 aromatic carbocycles. The third-order valence-electron chi connectivity index (χ3n) is 3.01. The van der Waals surface area contributed by atoms with Gasteiger partial charge in [0.25, 0.3) is 0 Å². The summed E-state index contributed by atoms with van der Waals surface area (Å²) in [7, 11) is 0. The van der Waals surface area contributed by atoms with Gasteiger partial charge in [-0.25, -0.2) is 9.78 Å². The van der Waals surface area contributed by atoms with E-state index in [2.05, 4.69) is 10.3 Å². The monoisotopic (exact) mass is 305 g/mol. The number of benzene rings is 1. The van der Waals surface area contributed by atoms with Crippen LogP contribution in [0, 0.1) is 6.92 Å². The van der Waals surface area contributed by atoms with Crippen LogP contribution in [0.5, 0.6) is 0 Å². The first-order valence-electron chi connectivity index (χ1n) is 6.48. The molecular weight excluding hydrogens is 290 g/mol. The van der Waals surface area contributed by atoms with Gasteiger partial charge in [-0.05, 0) is 37.6 Å². The molecule has 0 aliphatic heterocycles. The molecule has 6 heteroatoms. The van der Waals surface area contributed by atoms with Gasteiger partial charge in [0.2, 0.25) is 0 Å². The number of hydrogen-bond acceptors (Lipinski definition) is 5. The Bertz CT molecular complexity index is 674. The molecule has 1 heterocycles. The second-order valence-corrected chi connectivity index (χ2v) is 4.79. The topological polar surface area (TPSA) is 77.2 Å². The second kappa shape index (κ2) is 6.45. The van der Waals surface area contributed by atoms with Crippen LogP contribution in [0.25, 0.3) is 0 Å². The molecule has 0 radical (unpaired) electrons. The number of carbonyl (C=O) groups is 1. The summed E-state index contributed by atoms with van der Waals surface area (Å²) in [6.45, 7) is 3.91. The maximum Gasteiger partial charge on any atom is 0.340 e. The number of carbonyl (C=O) groups excluding carboxylic acids is 1. The second-order valence-electron chi connectivity index (χ2n) is 4.38. The van der Waals surface area contributed by atoms with Gasteiger partial charge < -0.3 is 15.8 Å². The number of pyridine rings is 1. The molecule has 3 N–H and O–H groups in total. The fraction of sp³-hybridized carbons (Fsp3) is 0.200. The van der Waals surface area contributed by atoms with E-state index in [-0.39, 0.29) is 17.9 Å². The van der Waals surface area contributed by atoms with Crippen molar-refractivity contribution in [3.63, 3.8) is 0 Å². The Labute approximate surface area is 128 Å². The van der Waals surface area contributed by atoms with Crippen molar-refractivity contribution >= 4 is 34.8 Å². The number of nitrogens with two attached hydrogens (primary N) is 1. The largest absolute Gasteiger partial charge is 0.462 e. The molecule has 0 aliphatic carbocycles. The molecular formula is C15H16ClN3O2. The molecule has 5 nitrogen and oxygen atoms in total. The zero-order chi connectivity index (χ0) is 15.4. The predicted molar refractivity (Wildman–Crippen MR) is 84.1 cm³/mol. The van der Waals surface area contributed by atoms with Crippen LogP contribution in [0.2, 0.25) is 5.02 Å². The van der Waals surface area contributed by atoms with E-state index in [9.17, 15) is 4.79 Å². The fourth-order valence-electron chi connectivity index (χ4n) is 1.83. The van der Waals surface area contributed by atoms with E-state index >= 15 is 0 Å². The third kappa shape index (κ3) is 3.25. The fourth-order valence-corrected chi connectivity index (χ4v) is 2.00. The average Bonchev–Trinajstić information content (AvgIpc) is 2.46. The normalized spacial score (nSPS) is 10.2.